The lowest BCUT2D eigenvalue weighted by Crippen LogP contribution is -2.25. The van der Waals surface area contributed by atoms with Gasteiger partial charge in [-0.1, -0.05) is 6.92 Å². The molecule has 0 saturated heterocycles. The molecule has 5 heteroatoms. The molecule has 1 saturated carbocycles. The van der Waals surface area contributed by atoms with Crippen molar-refractivity contribution >= 4 is 15.9 Å². The van der Waals surface area contributed by atoms with E-state index in [9.17, 15) is 5.11 Å². The second-order valence-electron chi connectivity index (χ2n) is 4.30. The van der Waals surface area contributed by atoms with Crippen LogP contribution in [0.3, 0.4) is 0 Å². The van der Waals surface area contributed by atoms with Gasteiger partial charge in [0.05, 0.1) is 16.4 Å². The third-order valence-electron chi connectivity index (χ3n) is 2.76. The molecule has 0 amide bonds. The number of hydrogen-bond acceptors (Lipinski definition) is 3. The molecule has 16 heavy (non-hydrogen) atoms. The molecular formula is C11H18BrN3O. The van der Waals surface area contributed by atoms with E-state index < -0.39 is 6.10 Å². The minimum atomic E-state index is -0.482. The molecule has 0 bridgehead atoms. The van der Waals surface area contributed by atoms with Crippen LogP contribution in [0.2, 0.25) is 0 Å². The Balaban J connectivity index is 2.00. The summed E-state index contributed by atoms with van der Waals surface area (Å²) >= 11 is 3.44. The third kappa shape index (κ3) is 2.84. The van der Waals surface area contributed by atoms with Crippen LogP contribution in [-0.4, -0.2) is 27.5 Å². The molecule has 0 aliphatic heterocycles. The van der Waals surface area contributed by atoms with Gasteiger partial charge in [-0.2, -0.15) is 5.10 Å². The largest absolute Gasteiger partial charge is 0.385 e. The average Bonchev–Trinajstić information content (AvgIpc) is 3.01. The van der Waals surface area contributed by atoms with E-state index in [4.69, 9.17) is 0 Å². The summed E-state index contributed by atoms with van der Waals surface area (Å²) in [6.07, 6.45) is 4.77. The highest BCUT2D eigenvalue weighted by Gasteiger charge is 2.23. The third-order valence-corrected chi connectivity index (χ3v) is 3.37. The van der Waals surface area contributed by atoms with E-state index in [-0.39, 0.29) is 0 Å². The topological polar surface area (TPSA) is 50.1 Å². The smallest absolute Gasteiger partial charge is 0.109 e. The van der Waals surface area contributed by atoms with Gasteiger partial charge in [-0.25, -0.2) is 0 Å². The molecule has 90 valence electrons. The first kappa shape index (κ1) is 12.1. The fraction of sp³-hybridized carbons (Fsp3) is 0.727. The van der Waals surface area contributed by atoms with Gasteiger partial charge in [0.2, 0.25) is 0 Å². The van der Waals surface area contributed by atoms with E-state index >= 15 is 0 Å². The molecule has 1 aromatic heterocycles. The molecule has 1 aliphatic carbocycles. The van der Waals surface area contributed by atoms with Gasteiger partial charge in [-0.3, -0.25) is 4.68 Å². The van der Waals surface area contributed by atoms with E-state index in [1.54, 1.807) is 6.20 Å². The van der Waals surface area contributed by atoms with Crippen molar-refractivity contribution in [1.82, 2.24) is 15.1 Å². The fourth-order valence-electron chi connectivity index (χ4n) is 1.76. The van der Waals surface area contributed by atoms with Gasteiger partial charge in [-0.05, 0) is 35.2 Å². The number of aliphatic hydroxyl groups is 1. The Hall–Kier alpha value is -0.390. The SMILES string of the molecule is CCCn1ncc(Br)c1C(O)CNC1CC1. The molecule has 1 unspecified atom stereocenters. The number of halogens is 1. The van der Waals surface area contributed by atoms with Gasteiger partial charge < -0.3 is 10.4 Å². The standard InChI is InChI=1S/C11H18BrN3O/c1-2-5-15-11(9(12)6-14-15)10(16)7-13-8-3-4-8/h6,8,10,13,16H,2-5,7H2,1H3. The Bertz CT molecular complexity index is 349. The first-order chi connectivity index (χ1) is 7.72. The zero-order valence-electron chi connectivity index (χ0n) is 9.49. The molecule has 4 nitrogen and oxygen atoms in total. The van der Waals surface area contributed by atoms with Crippen molar-refractivity contribution in [3.63, 3.8) is 0 Å². The maximum atomic E-state index is 10.1. The van der Waals surface area contributed by atoms with Gasteiger partial charge in [0.25, 0.3) is 0 Å². The summed E-state index contributed by atoms with van der Waals surface area (Å²) in [5.74, 6) is 0. The molecule has 1 atom stereocenters. The van der Waals surface area contributed by atoms with Crippen molar-refractivity contribution < 1.29 is 5.11 Å². The second kappa shape index (κ2) is 5.29. The van der Waals surface area contributed by atoms with E-state index in [1.165, 1.54) is 12.8 Å². The van der Waals surface area contributed by atoms with Crippen LogP contribution in [-0.2, 0) is 6.54 Å². The lowest BCUT2D eigenvalue weighted by molar-refractivity contribution is 0.162. The summed E-state index contributed by atoms with van der Waals surface area (Å²) < 4.78 is 2.77. The Kier molecular flexibility index (Phi) is 4.00. The van der Waals surface area contributed by atoms with Crippen molar-refractivity contribution in [1.29, 1.82) is 0 Å². The zero-order valence-corrected chi connectivity index (χ0v) is 11.1. The molecule has 1 heterocycles. The summed E-state index contributed by atoms with van der Waals surface area (Å²) in [6, 6.07) is 0.621. The molecule has 0 radical (unpaired) electrons. The van der Waals surface area contributed by atoms with Crippen molar-refractivity contribution in [2.45, 2.75) is 44.9 Å². The highest BCUT2D eigenvalue weighted by Crippen LogP contribution is 2.25. The van der Waals surface area contributed by atoms with Crippen molar-refractivity contribution in [3.8, 4) is 0 Å². The fourth-order valence-corrected chi connectivity index (χ4v) is 2.32. The van der Waals surface area contributed by atoms with E-state index in [2.05, 4.69) is 33.3 Å². The number of rotatable bonds is 6. The van der Waals surface area contributed by atoms with Crippen molar-refractivity contribution in [2.75, 3.05) is 6.54 Å². The van der Waals surface area contributed by atoms with Crippen LogP contribution in [0.25, 0.3) is 0 Å². The molecule has 1 fully saturated rings. The second-order valence-corrected chi connectivity index (χ2v) is 5.15. The summed E-state index contributed by atoms with van der Waals surface area (Å²) in [4.78, 5) is 0. The molecule has 0 spiro atoms. The van der Waals surface area contributed by atoms with Crippen LogP contribution in [0.1, 0.15) is 38.0 Å². The molecular weight excluding hydrogens is 270 g/mol. The number of aromatic nitrogens is 2. The quantitative estimate of drug-likeness (QED) is 0.840. The Morgan fingerprint density at radius 3 is 3.06 bits per heavy atom. The highest BCUT2D eigenvalue weighted by molar-refractivity contribution is 9.10. The van der Waals surface area contributed by atoms with E-state index in [1.807, 2.05) is 4.68 Å². The molecule has 1 aromatic rings. The van der Waals surface area contributed by atoms with Gasteiger partial charge in [-0.15, -0.1) is 0 Å². The van der Waals surface area contributed by atoms with E-state index in [0.29, 0.717) is 12.6 Å². The van der Waals surface area contributed by atoms with Gasteiger partial charge in [0.1, 0.15) is 6.10 Å². The number of nitrogens with zero attached hydrogens (tertiary/aromatic N) is 2. The predicted molar refractivity (Wildman–Crippen MR) is 66.2 cm³/mol. The Labute approximate surface area is 104 Å². The summed E-state index contributed by atoms with van der Waals surface area (Å²) in [5, 5.41) is 17.7. The molecule has 2 N–H and O–H groups in total. The first-order valence-electron chi connectivity index (χ1n) is 5.85. The summed E-state index contributed by atoms with van der Waals surface area (Å²) in [6.45, 7) is 3.56. The van der Waals surface area contributed by atoms with Crippen molar-refractivity contribution in [2.24, 2.45) is 0 Å². The monoisotopic (exact) mass is 287 g/mol. The van der Waals surface area contributed by atoms with Crippen LogP contribution in [0, 0.1) is 0 Å². The lowest BCUT2D eigenvalue weighted by Gasteiger charge is -2.14. The van der Waals surface area contributed by atoms with Crippen LogP contribution >= 0.6 is 15.9 Å². The highest BCUT2D eigenvalue weighted by atomic mass is 79.9. The van der Waals surface area contributed by atoms with Crippen LogP contribution in [0.5, 0.6) is 0 Å². The number of aliphatic hydroxyl groups excluding tert-OH is 1. The zero-order chi connectivity index (χ0) is 11.5. The Morgan fingerprint density at radius 2 is 2.44 bits per heavy atom. The maximum Gasteiger partial charge on any atom is 0.109 e. The number of hydrogen-bond donors (Lipinski definition) is 2. The summed E-state index contributed by atoms with van der Waals surface area (Å²) in [7, 11) is 0. The number of aryl methyl sites for hydroxylation is 1. The number of nitrogens with one attached hydrogen (secondary N) is 1. The lowest BCUT2D eigenvalue weighted by atomic mass is 10.2. The molecule has 2 rings (SSSR count). The first-order valence-corrected chi connectivity index (χ1v) is 6.64. The summed E-state index contributed by atoms with van der Waals surface area (Å²) in [5.41, 5.74) is 0.884. The van der Waals surface area contributed by atoms with Crippen LogP contribution < -0.4 is 5.32 Å². The van der Waals surface area contributed by atoms with E-state index in [0.717, 1.165) is 23.1 Å². The predicted octanol–water partition coefficient (Wildman–Crippen LogP) is 1.84. The molecule has 0 aromatic carbocycles. The van der Waals surface area contributed by atoms with Crippen LogP contribution in [0.4, 0.5) is 0 Å². The average molecular weight is 288 g/mol. The minimum Gasteiger partial charge on any atom is -0.385 e. The van der Waals surface area contributed by atoms with Crippen LogP contribution in [0.15, 0.2) is 10.7 Å². The van der Waals surface area contributed by atoms with Gasteiger partial charge >= 0.3 is 0 Å². The van der Waals surface area contributed by atoms with Crippen molar-refractivity contribution in [3.05, 3.63) is 16.4 Å². The Morgan fingerprint density at radius 1 is 1.69 bits per heavy atom. The van der Waals surface area contributed by atoms with Gasteiger partial charge in [0.15, 0.2) is 0 Å². The normalized spacial score (nSPS) is 17.7. The minimum absolute atomic E-state index is 0.482. The van der Waals surface area contributed by atoms with Gasteiger partial charge in [0, 0.05) is 19.1 Å². The maximum absolute atomic E-state index is 10.1. The molecule has 1 aliphatic rings.